The summed E-state index contributed by atoms with van der Waals surface area (Å²) in [6, 6.07) is 4.24. The van der Waals surface area contributed by atoms with E-state index in [0.29, 0.717) is 17.2 Å². The Bertz CT molecular complexity index is 353. The molecule has 0 atom stereocenters. The van der Waals surface area contributed by atoms with Crippen LogP contribution in [0.15, 0.2) is 23.4 Å². The van der Waals surface area contributed by atoms with Crippen LogP contribution in [0.2, 0.25) is 0 Å². The molecule has 0 radical (unpaired) electrons. The molecule has 0 bridgehead atoms. The van der Waals surface area contributed by atoms with E-state index in [9.17, 15) is 13.2 Å². The Labute approximate surface area is 89.1 Å². The number of hydrogen-bond donors (Lipinski definition) is 0. The van der Waals surface area contributed by atoms with E-state index < -0.39 is 11.7 Å². The highest BCUT2D eigenvalue weighted by molar-refractivity contribution is 7.99. The van der Waals surface area contributed by atoms with Crippen LogP contribution in [0.4, 0.5) is 13.2 Å². The lowest BCUT2D eigenvalue weighted by Gasteiger charge is -2.05. The minimum Gasteiger partial charge on any atom is -0.249 e. The number of nitrogens with zero attached hydrogens (tertiary/aromatic N) is 2. The highest BCUT2D eigenvalue weighted by Gasteiger charge is 2.30. The lowest BCUT2D eigenvalue weighted by molar-refractivity contribution is -0.137. The van der Waals surface area contributed by atoms with Gasteiger partial charge in [0.15, 0.2) is 0 Å². The first-order chi connectivity index (χ1) is 7.04. The Morgan fingerprint density at radius 2 is 2.13 bits per heavy atom. The van der Waals surface area contributed by atoms with Crippen molar-refractivity contribution in [2.75, 3.05) is 5.75 Å². The van der Waals surface area contributed by atoms with Crippen LogP contribution >= 0.6 is 11.8 Å². The molecule has 15 heavy (non-hydrogen) atoms. The highest BCUT2D eigenvalue weighted by Crippen LogP contribution is 2.29. The largest absolute Gasteiger partial charge is 0.417 e. The number of aromatic nitrogens is 1. The molecule has 2 nitrogen and oxygen atoms in total. The summed E-state index contributed by atoms with van der Waals surface area (Å²) in [6.45, 7) is 0. The van der Waals surface area contributed by atoms with Gasteiger partial charge in [0.05, 0.1) is 16.7 Å². The molecule has 0 unspecified atom stereocenters. The van der Waals surface area contributed by atoms with Gasteiger partial charge in [-0.15, -0.1) is 11.8 Å². The fourth-order valence-corrected chi connectivity index (χ4v) is 1.53. The van der Waals surface area contributed by atoms with Gasteiger partial charge in [0.1, 0.15) is 0 Å². The third-order valence-corrected chi connectivity index (χ3v) is 2.47. The maximum absolute atomic E-state index is 12.1. The standard InChI is InChI=1S/C9H7F3N2S/c10-9(11,12)7-2-3-8(14-6-7)15-5-1-4-13/h2-3,6H,1,5H2. The molecular weight excluding hydrogens is 225 g/mol. The molecule has 0 saturated carbocycles. The first-order valence-electron chi connectivity index (χ1n) is 4.07. The Morgan fingerprint density at radius 3 is 2.60 bits per heavy atom. The molecule has 80 valence electrons. The molecule has 0 spiro atoms. The van der Waals surface area contributed by atoms with E-state index in [1.807, 2.05) is 6.07 Å². The number of nitriles is 1. The van der Waals surface area contributed by atoms with Crippen LogP contribution in [0.1, 0.15) is 12.0 Å². The summed E-state index contributed by atoms with van der Waals surface area (Å²) < 4.78 is 36.4. The van der Waals surface area contributed by atoms with Crippen molar-refractivity contribution in [1.82, 2.24) is 4.98 Å². The van der Waals surface area contributed by atoms with Crippen molar-refractivity contribution in [2.45, 2.75) is 17.6 Å². The third-order valence-electron chi connectivity index (χ3n) is 1.53. The van der Waals surface area contributed by atoms with E-state index in [1.165, 1.54) is 17.8 Å². The predicted molar refractivity (Wildman–Crippen MR) is 50.2 cm³/mol. The van der Waals surface area contributed by atoms with Crippen molar-refractivity contribution < 1.29 is 13.2 Å². The number of pyridine rings is 1. The van der Waals surface area contributed by atoms with Gasteiger partial charge in [-0.2, -0.15) is 18.4 Å². The van der Waals surface area contributed by atoms with Gasteiger partial charge in [-0.25, -0.2) is 4.98 Å². The molecule has 0 aliphatic heterocycles. The van der Waals surface area contributed by atoms with Crippen LogP contribution < -0.4 is 0 Å². The molecule has 0 N–H and O–H groups in total. The molecule has 0 fully saturated rings. The molecule has 0 aliphatic carbocycles. The van der Waals surface area contributed by atoms with E-state index in [-0.39, 0.29) is 0 Å². The first kappa shape index (κ1) is 11.9. The van der Waals surface area contributed by atoms with Crippen molar-refractivity contribution in [3.63, 3.8) is 0 Å². The Hall–Kier alpha value is -1.22. The van der Waals surface area contributed by atoms with Gasteiger partial charge >= 0.3 is 6.18 Å². The van der Waals surface area contributed by atoms with Gasteiger partial charge in [0, 0.05) is 18.4 Å². The van der Waals surface area contributed by atoms with Gasteiger partial charge in [0.2, 0.25) is 0 Å². The number of thioether (sulfide) groups is 1. The quantitative estimate of drug-likeness (QED) is 0.593. The molecule has 0 saturated heterocycles. The summed E-state index contributed by atoms with van der Waals surface area (Å²) in [7, 11) is 0. The zero-order valence-electron chi connectivity index (χ0n) is 7.58. The van der Waals surface area contributed by atoms with Crippen LogP contribution in [-0.4, -0.2) is 10.7 Å². The average Bonchev–Trinajstić information content (AvgIpc) is 2.18. The molecular formula is C9H7F3N2S. The summed E-state index contributed by atoms with van der Waals surface area (Å²) >= 11 is 1.26. The topological polar surface area (TPSA) is 36.7 Å². The molecule has 1 rings (SSSR count). The summed E-state index contributed by atoms with van der Waals surface area (Å²) in [5.41, 5.74) is -0.757. The molecule has 1 aromatic rings. The van der Waals surface area contributed by atoms with Crippen molar-refractivity contribution >= 4 is 11.8 Å². The highest BCUT2D eigenvalue weighted by atomic mass is 32.2. The molecule has 6 heteroatoms. The second-order valence-corrected chi connectivity index (χ2v) is 3.75. The lowest BCUT2D eigenvalue weighted by atomic mass is 10.3. The summed E-state index contributed by atoms with van der Waals surface area (Å²) in [5, 5.41) is 8.76. The summed E-state index contributed by atoms with van der Waals surface area (Å²) in [5.74, 6) is 0.537. The van der Waals surface area contributed by atoms with Crippen molar-refractivity contribution in [2.24, 2.45) is 0 Å². The Kier molecular flexibility index (Phi) is 3.97. The Morgan fingerprint density at radius 1 is 1.40 bits per heavy atom. The van der Waals surface area contributed by atoms with Crippen molar-refractivity contribution in [3.05, 3.63) is 23.9 Å². The maximum Gasteiger partial charge on any atom is 0.417 e. The van der Waals surface area contributed by atoms with Crippen LogP contribution in [0.3, 0.4) is 0 Å². The third kappa shape index (κ3) is 3.80. The van der Waals surface area contributed by atoms with E-state index >= 15 is 0 Å². The van der Waals surface area contributed by atoms with E-state index in [0.717, 1.165) is 12.3 Å². The van der Waals surface area contributed by atoms with Crippen LogP contribution in [0.5, 0.6) is 0 Å². The minimum atomic E-state index is -4.34. The minimum absolute atomic E-state index is 0.355. The molecule has 1 heterocycles. The predicted octanol–water partition coefficient (Wildman–Crippen LogP) is 3.11. The van der Waals surface area contributed by atoms with Gasteiger partial charge in [-0.05, 0) is 12.1 Å². The molecule has 1 aromatic heterocycles. The van der Waals surface area contributed by atoms with Crippen molar-refractivity contribution in [1.29, 1.82) is 5.26 Å². The Balaban J connectivity index is 2.61. The van der Waals surface area contributed by atoms with Gasteiger partial charge in [-0.3, -0.25) is 0 Å². The fourth-order valence-electron chi connectivity index (χ4n) is 0.835. The smallest absolute Gasteiger partial charge is 0.249 e. The summed E-state index contributed by atoms with van der Waals surface area (Å²) in [6.07, 6.45) is -3.19. The molecule has 0 amide bonds. The number of hydrogen-bond acceptors (Lipinski definition) is 3. The average molecular weight is 232 g/mol. The van der Waals surface area contributed by atoms with E-state index in [1.54, 1.807) is 0 Å². The van der Waals surface area contributed by atoms with Crippen molar-refractivity contribution in [3.8, 4) is 6.07 Å². The second kappa shape index (κ2) is 5.03. The second-order valence-electron chi connectivity index (χ2n) is 2.64. The fraction of sp³-hybridized carbons (Fsp3) is 0.333. The SMILES string of the molecule is N#CCCSc1ccc(C(F)(F)F)cn1. The monoisotopic (exact) mass is 232 g/mol. The van der Waals surface area contributed by atoms with Gasteiger partial charge < -0.3 is 0 Å². The number of rotatable bonds is 3. The molecule has 0 aromatic carbocycles. The number of alkyl halides is 3. The normalized spacial score (nSPS) is 11.1. The van der Waals surface area contributed by atoms with Crippen LogP contribution in [-0.2, 0) is 6.18 Å². The molecule has 0 aliphatic rings. The van der Waals surface area contributed by atoms with Gasteiger partial charge in [-0.1, -0.05) is 0 Å². The lowest BCUT2D eigenvalue weighted by Crippen LogP contribution is -2.05. The van der Waals surface area contributed by atoms with E-state index in [4.69, 9.17) is 5.26 Å². The summed E-state index contributed by atoms with van der Waals surface area (Å²) in [4.78, 5) is 3.65. The first-order valence-corrected chi connectivity index (χ1v) is 5.05. The number of halogens is 3. The van der Waals surface area contributed by atoms with Gasteiger partial charge in [0.25, 0.3) is 0 Å². The van der Waals surface area contributed by atoms with Crippen LogP contribution in [0.25, 0.3) is 0 Å². The van der Waals surface area contributed by atoms with E-state index in [2.05, 4.69) is 4.98 Å². The maximum atomic E-state index is 12.1. The zero-order valence-corrected chi connectivity index (χ0v) is 8.40. The zero-order chi connectivity index (χ0) is 11.3. The van der Waals surface area contributed by atoms with Crippen LogP contribution in [0, 0.1) is 11.3 Å².